The largest absolute Gasteiger partial charge is 0.329 e. The third-order valence-electron chi connectivity index (χ3n) is 5.51. The Bertz CT molecular complexity index is 281. The van der Waals surface area contributed by atoms with Gasteiger partial charge in [-0.05, 0) is 44.7 Å². The fourth-order valence-electron chi connectivity index (χ4n) is 3.95. The summed E-state index contributed by atoms with van der Waals surface area (Å²) >= 11 is 0. The molecule has 0 amide bonds. The van der Waals surface area contributed by atoms with Gasteiger partial charge in [-0.1, -0.05) is 20.8 Å². The fourth-order valence-corrected chi connectivity index (χ4v) is 3.95. The van der Waals surface area contributed by atoms with Crippen LogP contribution >= 0.6 is 0 Å². The van der Waals surface area contributed by atoms with Crippen LogP contribution in [0.5, 0.6) is 0 Å². The first-order valence-corrected chi connectivity index (χ1v) is 7.51. The lowest BCUT2D eigenvalue weighted by Gasteiger charge is -2.54. The maximum absolute atomic E-state index is 6.12. The number of hydrogen-bond donors (Lipinski definition) is 1. The zero-order chi connectivity index (χ0) is 13.5. The molecule has 3 nitrogen and oxygen atoms in total. The Morgan fingerprint density at radius 3 is 2.28 bits per heavy atom. The zero-order valence-corrected chi connectivity index (χ0v) is 12.8. The molecule has 2 atom stereocenters. The second-order valence-electron chi connectivity index (χ2n) is 7.25. The minimum Gasteiger partial charge on any atom is -0.329 e. The molecule has 0 radical (unpaired) electrons. The highest BCUT2D eigenvalue weighted by Crippen LogP contribution is 2.47. The molecule has 1 aliphatic heterocycles. The summed E-state index contributed by atoms with van der Waals surface area (Å²) in [4.78, 5) is 5.08. The highest BCUT2D eigenvalue weighted by molar-refractivity contribution is 5.07. The highest BCUT2D eigenvalue weighted by Gasteiger charge is 2.51. The quantitative estimate of drug-likeness (QED) is 0.826. The van der Waals surface area contributed by atoms with Gasteiger partial charge >= 0.3 is 0 Å². The van der Waals surface area contributed by atoms with Crippen LogP contribution < -0.4 is 5.73 Å². The van der Waals surface area contributed by atoms with Gasteiger partial charge in [0.05, 0.1) is 0 Å². The van der Waals surface area contributed by atoms with Gasteiger partial charge in [-0.2, -0.15) is 0 Å². The Morgan fingerprint density at radius 2 is 1.89 bits per heavy atom. The molecule has 0 aromatic carbocycles. The van der Waals surface area contributed by atoms with Crippen LogP contribution in [0.1, 0.15) is 33.6 Å². The van der Waals surface area contributed by atoms with Gasteiger partial charge in [-0.3, -0.25) is 4.90 Å². The van der Waals surface area contributed by atoms with Crippen molar-refractivity contribution in [3.05, 3.63) is 0 Å². The first-order chi connectivity index (χ1) is 8.39. The highest BCUT2D eigenvalue weighted by atomic mass is 15.3. The van der Waals surface area contributed by atoms with Gasteiger partial charge in [0, 0.05) is 31.2 Å². The van der Waals surface area contributed by atoms with E-state index in [1.165, 1.54) is 25.9 Å². The van der Waals surface area contributed by atoms with E-state index in [1.807, 2.05) is 0 Å². The predicted octanol–water partition coefficient (Wildman–Crippen LogP) is 1.63. The number of likely N-dealkylation sites (tertiary alicyclic amines) is 1. The van der Waals surface area contributed by atoms with E-state index in [1.54, 1.807) is 0 Å². The molecule has 0 aromatic rings. The van der Waals surface area contributed by atoms with Gasteiger partial charge in [0.1, 0.15) is 0 Å². The van der Waals surface area contributed by atoms with Crippen LogP contribution in [0.15, 0.2) is 0 Å². The topological polar surface area (TPSA) is 32.5 Å². The second kappa shape index (κ2) is 5.10. The van der Waals surface area contributed by atoms with Crippen molar-refractivity contribution in [1.82, 2.24) is 9.80 Å². The van der Waals surface area contributed by atoms with Crippen LogP contribution in [-0.2, 0) is 0 Å². The molecule has 18 heavy (non-hydrogen) atoms. The predicted molar refractivity (Wildman–Crippen MR) is 77.6 cm³/mol. The Kier molecular flexibility index (Phi) is 4.05. The average molecular weight is 253 g/mol. The zero-order valence-electron chi connectivity index (χ0n) is 12.8. The standard InChI is InChI=1S/C15H31N3/c1-11(2)13-6-15(7-13,10-16)18-8-12(3)14(9-18)17(4)5/h11-14H,6-10,16H2,1-5H3. The lowest BCUT2D eigenvalue weighted by atomic mass is 9.63. The summed E-state index contributed by atoms with van der Waals surface area (Å²) < 4.78 is 0. The Morgan fingerprint density at radius 1 is 1.28 bits per heavy atom. The molecule has 3 heteroatoms. The van der Waals surface area contributed by atoms with Crippen LogP contribution in [-0.4, -0.2) is 55.1 Å². The molecule has 0 bridgehead atoms. The van der Waals surface area contributed by atoms with Crippen molar-refractivity contribution in [2.45, 2.75) is 45.2 Å². The number of likely N-dealkylation sites (N-methyl/N-ethyl adjacent to an activating group) is 1. The van der Waals surface area contributed by atoms with Gasteiger partial charge in [0.15, 0.2) is 0 Å². The van der Waals surface area contributed by atoms with Crippen molar-refractivity contribution < 1.29 is 0 Å². The summed E-state index contributed by atoms with van der Waals surface area (Å²) in [5.74, 6) is 2.47. The monoisotopic (exact) mass is 253 g/mol. The van der Waals surface area contributed by atoms with Gasteiger partial charge in [0.2, 0.25) is 0 Å². The molecule has 2 rings (SSSR count). The molecule has 1 heterocycles. The van der Waals surface area contributed by atoms with Gasteiger partial charge in [0.25, 0.3) is 0 Å². The van der Waals surface area contributed by atoms with Crippen LogP contribution in [0.25, 0.3) is 0 Å². The van der Waals surface area contributed by atoms with Crippen molar-refractivity contribution in [2.75, 3.05) is 33.7 Å². The number of rotatable bonds is 4. The van der Waals surface area contributed by atoms with Crippen LogP contribution in [0.4, 0.5) is 0 Å². The molecule has 106 valence electrons. The van der Waals surface area contributed by atoms with Crippen LogP contribution in [0.2, 0.25) is 0 Å². The smallest absolute Gasteiger partial charge is 0.0338 e. The summed E-state index contributed by atoms with van der Waals surface area (Å²) in [5, 5.41) is 0. The molecule has 1 saturated carbocycles. The SMILES string of the molecule is CC(C)C1CC(CN)(N2CC(C)C(N(C)C)C2)C1. The number of nitrogens with two attached hydrogens (primary N) is 1. The van der Waals surface area contributed by atoms with Crippen molar-refractivity contribution in [2.24, 2.45) is 23.5 Å². The van der Waals surface area contributed by atoms with Gasteiger partial charge in [-0.15, -0.1) is 0 Å². The molecular formula is C15H31N3. The fraction of sp³-hybridized carbons (Fsp3) is 1.00. The summed E-state index contributed by atoms with van der Waals surface area (Å²) in [6.07, 6.45) is 2.63. The lowest BCUT2D eigenvalue weighted by Crippen LogP contribution is -2.62. The van der Waals surface area contributed by atoms with E-state index in [9.17, 15) is 0 Å². The first-order valence-electron chi connectivity index (χ1n) is 7.51. The van der Waals surface area contributed by atoms with Gasteiger partial charge < -0.3 is 10.6 Å². The minimum atomic E-state index is 0.327. The number of hydrogen-bond acceptors (Lipinski definition) is 3. The normalized spacial score (nSPS) is 41.7. The van der Waals surface area contributed by atoms with E-state index in [4.69, 9.17) is 5.73 Å². The summed E-state index contributed by atoms with van der Waals surface area (Å²) in [7, 11) is 4.41. The number of nitrogens with zero attached hydrogens (tertiary/aromatic N) is 2. The lowest BCUT2D eigenvalue weighted by molar-refractivity contribution is -0.0251. The summed E-state index contributed by atoms with van der Waals surface area (Å²) in [5.41, 5.74) is 6.45. The van der Waals surface area contributed by atoms with E-state index in [0.717, 1.165) is 24.3 Å². The molecule has 2 N–H and O–H groups in total. The summed E-state index contributed by atoms with van der Waals surface area (Å²) in [6, 6.07) is 0.700. The van der Waals surface area contributed by atoms with Crippen molar-refractivity contribution in [3.8, 4) is 0 Å². The second-order valence-corrected chi connectivity index (χ2v) is 7.25. The van der Waals surface area contributed by atoms with Crippen molar-refractivity contribution in [1.29, 1.82) is 0 Å². The molecule has 2 unspecified atom stereocenters. The average Bonchev–Trinajstić information content (AvgIpc) is 2.59. The van der Waals surface area contributed by atoms with Crippen LogP contribution in [0.3, 0.4) is 0 Å². The third kappa shape index (κ3) is 2.33. The molecular weight excluding hydrogens is 222 g/mol. The van der Waals surface area contributed by atoms with E-state index in [2.05, 4.69) is 44.7 Å². The molecule has 2 fully saturated rings. The van der Waals surface area contributed by atoms with Gasteiger partial charge in [-0.25, -0.2) is 0 Å². The Labute approximate surface area is 113 Å². The first kappa shape index (κ1) is 14.3. The molecule has 1 aliphatic carbocycles. The van der Waals surface area contributed by atoms with E-state index in [-0.39, 0.29) is 0 Å². The molecule has 1 saturated heterocycles. The van der Waals surface area contributed by atoms with Crippen LogP contribution in [0, 0.1) is 17.8 Å². The maximum atomic E-state index is 6.12. The third-order valence-corrected chi connectivity index (χ3v) is 5.51. The van der Waals surface area contributed by atoms with E-state index >= 15 is 0 Å². The Balaban J connectivity index is 1.99. The maximum Gasteiger partial charge on any atom is 0.0338 e. The van der Waals surface area contributed by atoms with E-state index < -0.39 is 0 Å². The van der Waals surface area contributed by atoms with Crippen molar-refractivity contribution >= 4 is 0 Å². The summed E-state index contributed by atoms with van der Waals surface area (Å²) in [6.45, 7) is 10.3. The molecule has 0 spiro atoms. The molecule has 2 aliphatic rings. The molecule has 0 aromatic heterocycles. The Hall–Kier alpha value is -0.120. The van der Waals surface area contributed by atoms with E-state index in [0.29, 0.717) is 11.6 Å². The van der Waals surface area contributed by atoms with Crippen molar-refractivity contribution in [3.63, 3.8) is 0 Å². The minimum absolute atomic E-state index is 0.327.